The molecular formula is C33H63N6O14PS3. The minimum absolute atomic E-state index is 0.0415. The number of amides is 6. The SMILES string of the molecule is O=C(CCCC(=O)NC(CCC(=O)NC(CCC(=O)NCCOCCO)C(=O)NCCOCCOS)C(=O)NCCOCCOS)NCCCCCCOP(O)S. The van der Waals surface area contributed by atoms with Crippen LogP contribution in [0.2, 0.25) is 0 Å². The Hall–Kier alpha value is -2.02. The first kappa shape index (κ1) is 55.0. The highest BCUT2D eigenvalue weighted by atomic mass is 32.7. The van der Waals surface area contributed by atoms with Crippen molar-refractivity contribution in [3.05, 3.63) is 0 Å². The molecule has 0 saturated carbocycles. The van der Waals surface area contributed by atoms with Gasteiger partial charge in [-0.1, -0.05) is 25.1 Å². The maximum Gasteiger partial charge on any atom is 0.242 e. The van der Waals surface area contributed by atoms with Gasteiger partial charge in [-0.05, 0) is 57.9 Å². The summed E-state index contributed by atoms with van der Waals surface area (Å²) in [6.45, 7) is 2.81. The van der Waals surface area contributed by atoms with Crippen molar-refractivity contribution in [2.75, 3.05) is 92.2 Å². The van der Waals surface area contributed by atoms with E-state index in [4.69, 9.17) is 28.7 Å². The van der Waals surface area contributed by atoms with Crippen LogP contribution in [0.1, 0.15) is 70.6 Å². The number of aliphatic hydroxyl groups is 1. The topological polar surface area (TPSA) is 270 Å². The Labute approximate surface area is 352 Å². The van der Waals surface area contributed by atoms with E-state index in [2.05, 4.69) is 78.3 Å². The van der Waals surface area contributed by atoms with Gasteiger partial charge in [0.25, 0.3) is 0 Å². The predicted octanol–water partition coefficient (Wildman–Crippen LogP) is -0.358. The van der Waals surface area contributed by atoms with Crippen molar-refractivity contribution < 1.29 is 65.9 Å². The third-order valence-electron chi connectivity index (χ3n) is 7.56. The summed E-state index contributed by atoms with van der Waals surface area (Å²) in [5, 5.41) is 24.8. The molecule has 8 N–H and O–H groups in total. The number of unbranched alkanes of at least 4 members (excludes halogenated alkanes) is 3. The lowest BCUT2D eigenvalue weighted by Gasteiger charge is -2.21. The van der Waals surface area contributed by atoms with Crippen LogP contribution in [-0.4, -0.2) is 150 Å². The van der Waals surface area contributed by atoms with Gasteiger partial charge < -0.3 is 69.0 Å². The number of carbonyl (C=O) groups excluding carboxylic acids is 6. The van der Waals surface area contributed by atoms with E-state index in [1.165, 1.54) is 0 Å². The van der Waals surface area contributed by atoms with E-state index in [-0.39, 0.29) is 136 Å². The molecule has 0 bridgehead atoms. The minimum atomic E-state index is -1.65. The molecule has 0 fully saturated rings. The first-order valence-electron chi connectivity index (χ1n) is 18.9. The summed E-state index contributed by atoms with van der Waals surface area (Å²) in [6.07, 6.45) is 3.06. The molecule has 332 valence electrons. The van der Waals surface area contributed by atoms with E-state index in [0.717, 1.165) is 25.7 Å². The van der Waals surface area contributed by atoms with Crippen LogP contribution in [0.5, 0.6) is 0 Å². The molecule has 3 atom stereocenters. The van der Waals surface area contributed by atoms with E-state index >= 15 is 0 Å². The maximum atomic E-state index is 13.1. The summed E-state index contributed by atoms with van der Waals surface area (Å²) in [5.74, 6) is -2.79. The summed E-state index contributed by atoms with van der Waals surface area (Å²) in [7, 11) is -1.65. The van der Waals surface area contributed by atoms with Crippen molar-refractivity contribution in [1.29, 1.82) is 0 Å². The Morgan fingerprint density at radius 2 is 0.965 bits per heavy atom. The van der Waals surface area contributed by atoms with E-state index < -0.39 is 43.3 Å². The molecule has 0 radical (unpaired) electrons. The van der Waals surface area contributed by atoms with Gasteiger partial charge in [-0.2, -0.15) is 0 Å². The first-order chi connectivity index (χ1) is 27.5. The van der Waals surface area contributed by atoms with Gasteiger partial charge in [0.2, 0.25) is 43.0 Å². The van der Waals surface area contributed by atoms with Gasteiger partial charge in [0.1, 0.15) is 12.1 Å². The summed E-state index contributed by atoms with van der Waals surface area (Å²) in [6, 6.07) is -2.22. The standard InChI is InChI=1S/C33H63N6O14PS3/c40-16-21-48-18-13-35-29(42)10-8-26(32(45)36-14-19-49-22-24-52-55)39-31(44)11-9-27(33(46)37-15-20-50-23-25-53-56)38-30(43)7-5-6-28(41)34-12-3-1-2-4-17-51-54(47)57/h26-27,40,47,55-57H,1-25H2,(H,34,41)(H,35,42)(H,36,45)(H,37,46)(H,38,43)(H,39,44). The molecule has 24 heteroatoms. The Morgan fingerprint density at radius 1 is 0.509 bits per heavy atom. The van der Waals surface area contributed by atoms with Crippen molar-refractivity contribution in [3.8, 4) is 0 Å². The molecule has 0 heterocycles. The molecule has 0 aromatic rings. The van der Waals surface area contributed by atoms with Gasteiger partial charge in [0.05, 0.1) is 66.1 Å². The molecule has 0 spiro atoms. The van der Waals surface area contributed by atoms with Crippen LogP contribution in [0.25, 0.3) is 0 Å². The van der Waals surface area contributed by atoms with Gasteiger partial charge >= 0.3 is 0 Å². The number of nitrogens with one attached hydrogen (secondary N) is 6. The van der Waals surface area contributed by atoms with Crippen molar-refractivity contribution in [2.24, 2.45) is 0 Å². The van der Waals surface area contributed by atoms with E-state index in [9.17, 15) is 28.8 Å². The number of aliphatic hydroxyl groups excluding tert-OH is 1. The molecular weight excluding hydrogens is 832 g/mol. The Bertz CT molecular complexity index is 1110. The molecule has 0 aliphatic rings. The number of ether oxygens (including phenoxy) is 3. The molecule has 3 unspecified atom stereocenters. The van der Waals surface area contributed by atoms with E-state index in [0.29, 0.717) is 13.2 Å². The highest BCUT2D eigenvalue weighted by Crippen LogP contribution is 2.36. The van der Waals surface area contributed by atoms with Crippen LogP contribution in [0.4, 0.5) is 0 Å². The second kappa shape index (κ2) is 39.4. The second-order valence-corrected chi connectivity index (χ2v) is 14.5. The van der Waals surface area contributed by atoms with Crippen molar-refractivity contribution in [1.82, 2.24) is 31.9 Å². The zero-order valence-electron chi connectivity index (χ0n) is 32.4. The summed E-state index contributed by atoms with van der Waals surface area (Å²) < 4.78 is 30.0. The summed E-state index contributed by atoms with van der Waals surface area (Å²) in [5.41, 5.74) is 0. The third-order valence-corrected chi connectivity index (χ3v) is 8.69. The zero-order valence-corrected chi connectivity index (χ0v) is 36.0. The summed E-state index contributed by atoms with van der Waals surface area (Å²) in [4.78, 5) is 85.8. The lowest BCUT2D eigenvalue weighted by molar-refractivity contribution is -0.131. The number of hydrogen-bond donors (Lipinski definition) is 11. The molecule has 0 aliphatic carbocycles. The maximum absolute atomic E-state index is 13.1. The van der Waals surface area contributed by atoms with Crippen molar-refractivity contribution in [2.45, 2.75) is 82.7 Å². The van der Waals surface area contributed by atoms with E-state index in [1.807, 2.05) is 0 Å². The van der Waals surface area contributed by atoms with Crippen LogP contribution in [-0.2, 0) is 55.9 Å². The van der Waals surface area contributed by atoms with Gasteiger partial charge in [-0.25, -0.2) is 0 Å². The molecule has 57 heavy (non-hydrogen) atoms. The molecule has 0 saturated heterocycles. The van der Waals surface area contributed by atoms with Gasteiger partial charge in [-0.15, -0.1) is 0 Å². The quantitative estimate of drug-likeness (QED) is 0.0163. The van der Waals surface area contributed by atoms with Crippen molar-refractivity contribution in [3.63, 3.8) is 0 Å². The normalized spacial score (nSPS) is 12.6. The smallest absolute Gasteiger partial charge is 0.242 e. The van der Waals surface area contributed by atoms with Crippen LogP contribution in [0.3, 0.4) is 0 Å². The Morgan fingerprint density at radius 3 is 1.51 bits per heavy atom. The van der Waals surface area contributed by atoms with E-state index in [1.54, 1.807) is 0 Å². The Balaban J connectivity index is 5.17. The lowest BCUT2D eigenvalue weighted by atomic mass is 10.1. The van der Waals surface area contributed by atoms with Crippen molar-refractivity contribution >= 4 is 81.1 Å². The number of carbonyl (C=O) groups is 6. The monoisotopic (exact) mass is 894 g/mol. The fourth-order valence-corrected chi connectivity index (χ4v) is 5.41. The average molecular weight is 895 g/mol. The predicted molar refractivity (Wildman–Crippen MR) is 220 cm³/mol. The van der Waals surface area contributed by atoms with Crippen LogP contribution in [0.15, 0.2) is 0 Å². The number of thiol groups is 3. The Kier molecular flexibility index (Phi) is 38.0. The fourth-order valence-electron chi connectivity index (χ4n) is 4.73. The average Bonchev–Trinajstić information content (AvgIpc) is 3.18. The van der Waals surface area contributed by atoms with Gasteiger partial charge in [0.15, 0.2) is 0 Å². The van der Waals surface area contributed by atoms with Crippen LogP contribution >= 0.6 is 45.6 Å². The third kappa shape index (κ3) is 35.6. The van der Waals surface area contributed by atoms with Gasteiger partial charge in [-0.3, -0.25) is 28.8 Å². The molecule has 6 amide bonds. The summed E-state index contributed by atoms with van der Waals surface area (Å²) >= 11 is 11.1. The minimum Gasteiger partial charge on any atom is -0.394 e. The molecule has 0 aromatic heterocycles. The first-order valence-corrected chi connectivity index (χ1v) is 22.0. The molecule has 0 aromatic carbocycles. The second-order valence-electron chi connectivity index (χ2n) is 12.2. The molecule has 0 aliphatic heterocycles. The lowest BCUT2D eigenvalue weighted by Crippen LogP contribution is -2.50. The highest BCUT2D eigenvalue weighted by molar-refractivity contribution is 8.41. The largest absolute Gasteiger partial charge is 0.394 e. The fraction of sp³-hybridized carbons (Fsp3) is 0.818. The molecule has 20 nitrogen and oxygen atoms in total. The number of hydrogen-bond acceptors (Lipinski definition) is 17. The highest BCUT2D eigenvalue weighted by Gasteiger charge is 2.25. The molecule has 0 rings (SSSR count). The number of rotatable bonds is 39. The van der Waals surface area contributed by atoms with Gasteiger partial charge in [0, 0.05) is 51.9 Å². The van der Waals surface area contributed by atoms with Crippen LogP contribution in [0, 0.1) is 0 Å². The van der Waals surface area contributed by atoms with Crippen LogP contribution < -0.4 is 31.9 Å². The zero-order chi connectivity index (χ0) is 42.4.